The monoisotopic (exact) mass is 194 g/mol. The Bertz CT molecular complexity index is 134. The fraction of sp³-hybridized carbons (Fsp3) is 0.875. The highest BCUT2D eigenvalue weighted by Crippen LogP contribution is 2.25. The van der Waals surface area contributed by atoms with Crippen molar-refractivity contribution in [2.45, 2.75) is 31.9 Å². The third-order valence-electron chi connectivity index (χ3n) is 1.34. The van der Waals surface area contributed by atoms with Gasteiger partial charge in [0.15, 0.2) is 0 Å². The number of carbonyl (C=O) groups excluding carboxylic acids is 1. The molecule has 0 heterocycles. The average Bonchev–Trinajstić information content (AvgIpc) is 2.00. The minimum atomic E-state index is 0.0341. The van der Waals surface area contributed by atoms with E-state index < -0.39 is 0 Å². The van der Waals surface area contributed by atoms with Gasteiger partial charge in [-0.3, -0.25) is 4.79 Å². The number of carbonyl (C=O) groups is 1. The van der Waals surface area contributed by atoms with E-state index in [-0.39, 0.29) is 4.75 Å². The molecule has 11 heavy (non-hydrogen) atoms. The molecule has 0 amide bonds. The molecule has 0 rings (SSSR count). The standard InChI is InChI=1S/C8H15ClOS/c1-4-7(10)5-11-8(2,3)6-9/h4-6H2,1-3H3. The lowest BCUT2D eigenvalue weighted by Gasteiger charge is -2.19. The Morgan fingerprint density at radius 2 is 2.09 bits per heavy atom. The lowest BCUT2D eigenvalue weighted by atomic mass is 10.2. The van der Waals surface area contributed by atoms with Gasteiger partial charge in [-0.05, 0) is 13.8 Å². The smallest absolute Gasteiger partial charge is 0.142 e. The van der Waals surface area contributed by atoms with Crippen molar-refractivity contribution in [2.24, 2.45) is 0 Å². The molecule has 0 spiro atoms. The summed E-state index contributed by atoms with van der Waals surface area (Å²) in [5, 5.41) is 0. The van der Waals surface area contributed by atoms with Crippen LogP contribution in [-0.4, -0.2) is 22.2 Å². The summed E-state index contributed by atoms with van der Waals surface area (Å²) in [7, 11) is 0. The van der Waals surface area contributed by atoms with Gasteiger partial charge in [-0.15, -0.1) is 23.4 Å². The number of hydrogen-bond acceptors (Lipinski definition) is 2. The Balaban J connectivity index is 3.61. The number of Topliss-reactive ketones (excluding diaryl/α,β-unsaturated/α-hetero) is 1. The van der Waals surface area contributed by atoms with Crippen LogP contribution >= 0.6 is 23.4 Å². The molecule has 66 valence electrons. The summed E-state index contributed by atoms with van der Waals surface area (Å²) in [4.78, 5) is 10.9. The molecule has 3 heteroatoms. The summed E-state index contributed by atoms with van der Waals surface area (Å²) in [6.07, 6.45) is 0.630. The zero-order valence-corrected chi connectivity index (χ0v) is 8.89. The molecule has 0 aliphatic carbocycles. The topological polar surface area (TPSA) is 17.1 Å². The number of thioether (sulfide) groups is 1. The molecule has 0 radical (unpaired) electrons. The lowest BCUT2D eigenvalue weighted by molar-refractivity contribution is -0.116. The van der Waals surface area contributed by atoms with Crippen LogP contribution < -0.4 is 0 Å². The minimum absolute atomic E-state index is 0.0341. The summed E-state index contributed by atoms with van der Waals surface area (Å²) < 4.78 is 0.0341. The van der Waals surface area contributed by atoms with Crippen LogP contribution in [-0.2, 0) is 4.79 Å². The van der Waals surface area contributed by atoms with Crippen LogP contribution in [0.15, 0.2) is 0 Å². The van der Waals surface area contributed by atoms with E-state index in [1.165, 1.54) is 0 Å². The van der Waals surface area contributed by atoms with E-state index in [4.69, 9.17) is 11.6 Å². The van der Waals surface area contributed by atoms with Crippen LogP contribution in [0, 0.1) is 0 Å². The quantitative estimate of drug-likeness (QED) is 0.627. The van der Waals surface area contributed by atoms with Crippen LogP contribution in [0.1, 0.15) is 27.2 Å². The van der Waals surface area contributed by atoms with E-state index in [1.807, 2.05) is 20.8 Å². The number of halogens is 1. The summed E-state index contributed by atoms with van der Waals surface area (Å²) in [5.41, 5.74) is 0. The molecule has 0 aromatic rings. The van der Waals surface area contributed by atoms with E-state index in [1.54, 1.807) is 11.8 Å². The van der Waals surface area contributed by atoms with E-state index in [9.17, 15) is 4.79 Å². The highest BCUT2D eigenvalue weighted by Gasteiger charge is 2.17. The molecule has 0 saturated heterocycles. The van der Waals surface area contributed by atoms with Gasteiger partial charge in [-0.2, -0.15) is 0 Å². The molecular weight excluding hydrogens is 180 g/mol. The van der Waals surface area contributed by atoms with Gasteiger partial charge in [0.1, 0.15) is 5.78 Å². The molecule has 0 saturated carbocycles. The van der Waals surface area contributed by atoms with Crippen LogP contribution in [0.4, 0.5) is 0 Å². The molecule has 0 aliphatic heterocycles. The van der Waals surface area contributed by atoms with Crippen LogP contribution in [0.5, 0.6) is 0 Å². The normalized spacial score (nSPS) is 11.6. The molecule has 0 unspecified atom stereocenters. The summed E-state index contributed by atoms with van der Waals surface area (Å²) in [6.45, 7) is 5.98. The molecule has 1 nitrogen and oxygen atoms in total. The Hall–Kier alpha value is 0.310. The van der Waals surface area contributed by atoms with Crippen molar-refractivity contribution in [3.63, 3.8) is 0 Å². The van der Waals surface area contributed by atoms with Gasteiger partial charge >= 0.3 is 0 Å². The predicted octanol–water partition coefficient (Wildman–Crippen LogP) is 2.72. The van der Waals surface area contributed by atoms with Crippen LogP contribution in [0.3, 0.4) is 0 Å². The zero-order chi connectivity index (χ0) is 8.91. The number of alkyl halides is 1. The van der Waals surface area contributed by atoms with E-state index >= 15 is 0 Å². The van der Waals surface area contributed by atoms with Gasteiger partial charge in [-0.1, -0.05) is 6.92 Å². The van der Waals surface area contributed by atoms with Crippen molar-refractivity contribution in [3.05, 3.63) is 0 Å². The second-order valence-electron chi connectivity index (χ2n) is 3.07. The molecule has 0 aromatic heterocycles. The van der Waals surface area contributed by atoms with Crippen molar-refractivity contribution >= 4 is 29.1 Å². The molecular formula is C8H15ClOS. The number of hydrogen-bond donors (Lipinski definition) is 0. The van der Waals surface area contributed by atoms with Gasteiger partial charge in [0, 0.05) is 17.0 Å². The van der Waals surface area contributed by atoms with Crippen molar-refractivity contribution in [2.75, 3.05) is 11.6 Å². The molecule has 0 bridgehead atoms. The lowest BCUT2D eigenvalue weighted by Crippen LogP contribution is -2.19. The fourth-order valence-electron chi connectivity index (χ4n) is 0.417. The average molecular weight is 195 g/mol. The maximum absolute atomic E-state index is 10.9. The SMILES string of the molecule is CCC(=O)CSC(C)(C)CCl. The van der Waals surface area contributed by atoms with Gasteiger partial charge < -0.3 is 0 Å². The Morgan fingerprint density at radius 3 is 2.45 bits per heavy atom. The summed E-state index contributed by atoms with van der Waals surface area (Å²) in [5.74, 6) is 1.48. The van der Waals surface area contributed by atoms with Crippen molar-refractivity contribution in [1.29, 1.82) is 0 Å². The van der Waals surface area contributed by atoms with E-state index in [0.29, 0.717) is 23.8 Å². The van der Waals surface area contributed by atoms with Gasteiger partial charge in [0.05, 0.1) is 5.75 Å². The third-order valence-corrected chi connectivity index (χ3v) is 3.56. The van der Waals surface area contributed by atoms with Crippen molar-refractivity contribution in [1.82, 2.24) is 0 Å². The summed E-state index contributed by atoms with van der Waals surface area (Å²) >= 11 is 7.32. The number of rotatable bonds is 5. The van der Waals surface area contributed by atoms with Gasteiger partial charge in [0.2, 0.25) is 0 Å². The Labute approximate surface area is 77.9 Å². The van der Waals surface area contributed by atoms with Gasteiger partial charge in [-0.25, -0.2) is 0 Å². The first-order chi connectivity index (χ1) is 5.02. The first-order valence-corrected chi connectivity index (χ1v) is 5.25. The molecule has 0 aliphatic rings. The molecule has 0 atom stereocenters. The largest absolute Gasteiger partial charge is 0.299 e. The maximum Gasteiger partial charge on any atom is 0.142 e. The maximum atomic E-state index is 10.9. The molecule has 0 N–H and O–H groups in total. The fourth-order valence-corrected chi connectivity index (χ4v) is 1.48. The van der Waals surface area contributed by atoms with Gasteiger partial charge in [0.25, 0.3) is 0 Å². The zero-order valence-electron chi connectivity index (χ0n) is 7.32. The number of ketones is 1. The highest BCUT2D eigenvalue weighted by atomic mass is 35.5. The second kappa shape index (κ2) is 5.04. The van der Waals surface area contributed by atoms with Crippen LogP contribution in [0.25, 0.3) is 0 Å². The van der Waals surface area contributed by atoms with E-state index in [2.05, 4.69) is 0 Å². The second-order valence-corrected chi connectivity index (χ2v) is 5.02. The first-order valence-electron chi connectivity index (χ1n) is 3.73. The van der Waals surface area contributed by atoms with Crippen LogP contribution in [0.2, 0.25) is 0 Å². The first kappa shape index (κ1) is 11.3. The van der Waals surface area contributed by atoms with Crippen molar-refractivity contribution < 1.29 is 4.79 Å². The molecule has 0 fully saturated rings. The Kier molecular flexibility index (Phi) is 5.19. The predicted molar refractivity (Wildman–Crippen MR) is 52.6 cm³/mol. The summed E-state index contributed by atoms with van der Waals surface area (Å²) in [6, 6.07) is 0. The van der Waals surface area contributed by atoms with E-state index in [0.717, 1.165) is 0 Å². The molecule has 0 aromatic carbocycles. The highest BCUT2D eigenvalue weighted by molar-refractivity contribution is 8.01. The van der Waals surface area contributed by atoms with Crippen molar-refractivity contribution in [3.8, 4) is 0 Å². The Morgan fingerprint density at radius 1 is 1.55 bits per heavy atom. The minimum Gasteiger partial charge on any atom is -0.299 e. The third kappa shape index (κ3) is 5.57.